The summed E-state index contributed by atoms with van der Waals surface area (Å²) in [5, 5.41) is 21.9. The molecule has 398 valence electrons. The van der Waals surface area contributed by atoms with Crippen LogP contribution < -0.4 is 6.15 Å². The molecule has 1 rings (SSSR count). The number of carbonyl (C=O) groups excluding carboxylic acids is 2. The minimum Gasteiger partial charge on any atom is -0.456 e. The van der Waals surface area contributed by atoms with Crippen LogP contribution in [0.4, 0.5) is 0 Å². The van der Waals surface area contributed by atoms with Gasteiger partial charge in [0.1, 0.15) is 37.1 Å². The number of hydrogen-bond donors (Lipinski definition) is 10. The van der Waals surface area contributed by atoms with Crippen molar-refractivity contribution in [3.8, 4) is 83.4 Å². The van der Waals surface area contributed by atoms with E-state index in [-0.39, 0.29) is 31.1 Å². The summed E-state index contributed by atoms with van der Waals surface area (Å²) in [6.45, 7) is 0.219. The zero-order chi connectivity index (χ0) is 49.7. The maximum atomic E-state index is 13.2. The Morgan fingerprint density at radius 3 is 1.43 bits per heavy atom. The van der Waals surface area contributed by atoms with Crippen molar-refractivity contribution in [1.29, 1.82) is 0 Å². The van der Waals surface area contributed by atoms with Crippen LogP contribution in [0.3, 0.4) is 0 Å². The molecule has 1 aliphatic rings. The number of aliphatic hydroxyl groups is 2. The van der Waals surface area contributed by atoms with Crippen molar-refractivity contribution in [3.05, 3.63) is 0 Å². The number of carbonyl (C=O) groups is 2. The molecule has 0 heterocycles. The van der Waals surface area contributed by atoms with Crippen LogP contribution in [-0.2, 0) is 55.4 Å². The number of rotatable bonds is 28. The summed E-state index contributed by atoms with van der Waals surface area (Å²) >= 11 is 0. The Balaban J connectivity index is -0.000000259. The number of phosphoric ester groups is 3. The van der Waals surface area contributed by atoms with Gasteiger partial charge < -0.3 is 60.1 Å². The maximum absolute atomic E-state index is 13.2. The Morgan fingerprint density at radius 1 is 0.597 bits per heavy atom. The summed E-state index contributed by atoms with van der Waals surface area (Å²) < 4.78 is 77.5. The topological polar surface area (TPSA) is 375 Å². The standard InChI is InChI=1S/C41H54O21P4.H3N.13H2/c1-3-5-7-9-11-13-15-17-19-21-23-25-27-29-36(43)59-33(30-57-35(42)28-26-24-22-20-18-16-14-12-10-8-6-4-2)31-58-66(55,56)62-41-37(44)39(60-64(49,50)51)34(32-63(46,47)48)40(38(41)45)61-65(52,53)54;;;;;;;;;;;;;;/h2,33-34,37-41,44-45H,3,5,7,9,11,13,15,17,19,21,23,25,27,29-32H2,1H3,(H,55,56)(H2,46,47,48)(H2,49,50,51)(H2,52,53,54);1H3;13*1H/t33-,34?,37+,38?,39?,40-,41?;;;;;;;;;;;;;;/m1............../s1. The first-order valence-electron chi connectivity index (χ1n) is 20.4. The quantitative estimate of drug-likeness (QED) is 0.0143. The second-order valence-corrected chi connectivity index (χ2v) is 19.8. The van der Waals surface area contributed by atoms with Crippen molar-refractivity contribution in [3.63, 3.8) is 0 Å². The third kappa shape index (κ3) is 31.8. The van der Waals surface area contributed by atoms with Gasteiger partial charge in [-0.05, 0) is 77.5 Å². The van der Waals surface area contributed by atoms with Crippen molar-refractivity contribution >= 4 is 43.0 Å². The molecule has 8 atom stereocenters. The van der Waals surface area contributed by atoms with Crippen LogP contribution >= 0.6 is 31.1 Å². The van der Waals surface area contributed by atoms with Crippen LogP contribution in [0.1, 0.15) is 115 Å². The van der Waals surface area contributed by atoms with E-state index in [0.29, 0.717) is 12.8 Å². The van der Waals surface area contributed by atoms with E-state index < -0.39 is 105 Å². The van der Waals surface area contributed by atoms with Crippen molar-refractivity contribution in [2.24, 2.45) is 5.92 Å². The molecule has 1 fully saturated rings. The lowest BCUT2D eigenvalue weighted by atomic mass is 9.79. The Hall–Kier alpha value is -3.78. The third-order valence-electron chi connectivity index (χ3n) is 8.88. The van der Waals surface area contributed by atoms with E-state index in [2.05, 4.69) is 87.0 Å². The molecular weight excluding hydrogens is 966 g/mol. The van der Waals surface area contributed by atoms with E-state index in [1.165, 1.54) is 38.5 Å². The fourth-order valence-electron chi connectivity index (χ4n) is 6.09. The summed E-state index contributed by atoms with van der Waals surface area (Å²) in [6, 6.07) is 0. The Bertz CT molecular complexity index is 2230. The van der Waals surface area contributed by atoms with E-state index in [1.54, 1.807) is 0 Å². The van der Waals surface area contributed by atoms with Gasteiger partial charge in [0.2, 0.25) is 0 Å². The molecule has 1 saturated carbocycles. The number of terminal acetylenes is 1. The smallest absolute Gasteiger partial charge is 0.456 e. The largest absolute Gasteiger partial charge is 0.472 e. The third-order valence-corrected chi connectivity index (χ3v) is 11.8. The molecule has 0 amide bonds. The average molecular weight is 1050 g/mol. The summed E-state index contributed by atoms with van der Waals surface area (Å²) in [6.07, 6.45) is 2.00. The SMILES string of the molecule is C#CC#CC#CC#CC#CC#CC#CC(=O)OC[C@H](COP(=O)(O)OC1C(O)[C@H](OP(=O)(O)O)C(CP(=O)(O)O)C(OP(=O)(O)O)[C@@H]1O)OC(=O)CCCCCCCCCCCCCCC.N.[HH].[HH].[HH].[HH].[HH].[HH].[HH].[HH].[HH].[HH].[HH].[HH].[HH]. The highest BCUT2D eigenvalue weighted by Crippen LogP contribution is 2.54. The van der Waals surface area contributed by atoms with E-state index in [0.717, 1.165) is 32.1 Å². The number of unbranched alkanes of at least 4 members (excludes halogenated alkanes) is 12. The van der Waals surface area contributed by atoms with Gasteiger partial charge in [0, 0.05) is 36.8 Å². The van der Waals surface area contributed by atoms with Crippen LogP contribution in [0.2, 0.25) is 0 Å². The van der Waals surface area contributed by atoms with Crippen LogP contribution in [-0.4, -0.2) is 112 Å². The van der Waals surface area contributed by atoms with Crippen molar-refractivity contribution in [2.75, 3.05) is 19.4 Å². The Kier molecular flexibility index (Phi) is 31.8. The minimum atomic E-state index is -5.74. The van der Waals surface area contributed by atoms with Crippen LogP contribution in [0.5, 0.6) is 0 Å². The number of hydrogen-bond acceptors (Lipinski definition) is 15. The highest BCUT2D eigenvalue weighted by atomic mass is 31.2. The van der Waals surface area contributed by atoms with Crippen molar-refractivity contribution in [2.45, 2.75) is 133 Å². The van der Waals surface area contributed by atoms with Crippen LogP contribution in [0, 0.1) is 89.3 Å². The Labute approximate surface area is 409 Å². The molecule has 67 heavy (non-hydrogen) atoms. The molecule has 22 nitrogen and oxygen atoms in total. The van der Waals surface area contributed by atoms with Gasteiger partial charge in [0.15, 0.2) is 6.10 Å². The van der Waals surface area contributed by atoms with Crippen molar-refractivity contribution in [1.82, 2.24) is 6.15 Å². The molecule has 0 saturated heterocycles. The minimum absolute atomic E-state index is 0. The van der Waals surface area contributed by atoms with Crippen LogP contribution in [0.15, 0.2) is 0 Å². The second kappa shape index (κ2) is 33.7. The first-order chi connectivity index (χ1) is 31.0. The Morgan fingerprint density at radius 2 is 1.01 bits per heavy atom. The van der Waals surface area contributed by atoms with E-state index in [1.807, 2.05) is 5.92 Å². The lowest BCUT2D eigenvalue weighted by molar-refractivity contribution is -0.190. The van der Waals surface area contributed by atoms with E-state index in [9.17, 15) is 72.3 Å². The lowest BCUT2D eigenvalue weighted by Crippen LogP contribution is -2.63. The predicted octanol–water partition coefficient (Wildman–Crippen LogP) is 5.92. The first-order valence-corrected chi connectivity index (χ1v) is 26.7. The zero-order valence-electron chi connectivity index (χ0n) is 36.6. The number of aliphatic hydroxyl groups excluding tert-OH is 2. The number of esters is 2. The summed E-state index contributed by atoms with van der Waals surface area (Å²) in [4.78, 5) is 92.7. The molecule has 0 aromatic rings. The molecule has 26 heteroatoms. The highest BCUT2D eigenvalue weighted by Gasteiger charge is 2.58. The van der Waals surface area contributed by atoms with Gasteiger partial charge in [-0.3, -0.25) is 27.5 Å². The lowest BCUT2D eigenvalue weighted by Gasteiger charge is -2.46. The molecule has 0 bridgehead atoms. The molecule has 0 aromatic carbocycles. The molecule has 0 spiro atoms. The van der Waals surface area contributed by atoms with Gasteiger partial charge in [-0.25, -0.2) is 18.5 Å². The molecule has 1 aliphatic carbocycles. The molecule has 0 radical (unpaired) electrons. The monoisotopic (exact) mass is 1050 g/mol. The number of phosphoric acid groups is 3. The average Bonchev–Trinajstić information content (AvgIpc) is 3.21. The first kappa shape index (κ1) is 63.2. The molecule has 12 N–H and O–H groups in total. The zero-order valence-corrected chi connectivity index (χ0v) is 40.1. The molecular formula is C41H83NO21P4. The molecule has 5 unspecified atom stereocenters. The van der Waals surface area contributed by atoms with Gasteiger partial charge in [0.25, 0.3) is 0 Å². The van der Waals surface area contributed by atoms with E-state index >= 15 is 0 Å². The summed E-state index contributed by atoms with van der Waals surface area (Å²) in [5.74, 6) is 25.1. The van der Waals surface area contributed by atoms with Gasteiger partial charge in [-0.1, -0.05) is 84.0 Å². The number of ether oxygens (including phenoxy) is 2. The fraction of sp³-hybridized carbons (Fsp3) is 0.610. The molecule has 0 aromatic heterocycles. The normalized spacial score (nSPS) is 20.0. The predicted molar refractivity (Wildman–Crippen MR) is 266 cm³/mol. The van der Waals surface area contributed by atoms with Gasteiger partial charge in [-0.15, -0.1) is 6.42 Å². The highest BCUT2D eigenvalue weighted by molar-refractivity contribution is 7.51. The second-order valence-electron chi connectivity index (χ2n) is 14.3. The van der Waals surface area contributed by atoms with Gasteiger partial charge in [-0.2, -0.15) is 0 Å². The molecule has 0 aliphatic heterocycles. The van der Waals surface area contributed by atoms with E-state index in [4.69, 9.17) is 24.9 Å². The summed E-state index contributed by atoms with van der Waals surface area (Å²) in [7, 11) is -22.5. The maximum Gasteiger partial charge on any atom is 0.472 e. The summed E-state index contributed by atoms with van der Waals surface area (Å²) in [5.41, 5.74) is 0. The fourth-order valence-corrected chi connectivity index (χ4v) is 9.22. The van der Waals surface area contributed by atoms with Crippen molar-refractivity contribution < 1.29 is 118 Å². The van der Waals surface area contributed by atoms with Gasteiger partial charge in [0.05, 0.1) is 12.8 Å². The van der Waals surface area contributed by atoms with Gasteiger partial charge >= 0.3 is 43.0 Å². The van der Waals surface area contributed by atoms with Crippen LogP contribution in [0.25, 0.3) is 0 Å².